The van der Waals surface area contributed by atoms with E-state index < -0.39 is 5.91 Å². The van der Waals surface area contributed by atoms with Crippen LogP contribution < -0.4 is 21.7 Å². The maximum atomic E-state index is 12.2. The number of nitrogens with two attached hydrogens (primary N) is 2. The van der Waals surface area contributed by atoms with Crippen LogP contribution in [0.5, 0.6) is 0 Å². The van der Waals surface area contributed by atoms with Gasteiger partial charge in [-0.3, -0.25) is 9.59 Å². The number of hydrogen-bond donors (Lipinski definition) is 3. The van der Waals surface area contributed by atoms with Crippen LogP contribution in [0, 0.1) is 5.92 Å². The van der Waals surface area contributed by atoms with Crippen molar-refractivity contribution in [2.24, 2.45) is 11.7 Å². The standard InChI is InChI=1S/C14H20N4O2S/c1-7-4-5-18(6-7)14-9(12(16)19)10(15)11(21-14)13(20)17-8-2-3-8/h7-8H,2-6,15H2,1H3,(H2,16,19)(H,17,20). The van der Waals surface area contributed by atoms with Crippen LogP contribution in [0.15, 0.2) is 0 Å². The zero-order valence-corrected chi connectivity index (χ0v) is 12.8. The molecule has 114 valence electrons. The maximum Gasteiger partial charge on any atom is 0.263 e. The van der Waals surface area contributed by atoms with E-state index in [-0.39, 0.29) is 17.6 Å². The van der Waals surface area contributed by atoms with Gasteiger partial charge in [0, 0.05) is 19.1 Å². The predicted molar refractivity (Wildman–Crippen MR) is 83.7 cm³/mol. The van der Waals surface area contributed by atoms with Crippen LogP contribution in [-0.2, 0) is 0 Å². The van der Waals surface area contributed by atoms with E-state index in [1.54, 1.807) is 0 Å². The van der Waals surface area contributed by atoms with E-state index in [0.29, 0.717) is 16.4 Å². The summed E-state index contributed by atoms with van der Waals surface area (Å²) in [6.45, 7) is 3.90. The minimum absolute atomic E-state index is 0.194. The lowest BCUT2D eigenvalue weighted by Crippen LogP contribution is -2.25. The quantitative estimate of drug-likeness (QED) is 0.777. The molecule has 0 bridgehead atoms. The van der Waals surface area contributed by atoms with Gasteiger partial charge in [-0.25, -0.2) is 0 Å². The Morgan fingerprint density at radius 3 is 2.57 bits per heavy atom. The van der Waals surface area contributed by atoms with E-state index in [9.17, 15) is 9.59 Å². The average Bonchev–Trinajstić information content (AvgIpc) is 2.99. The molecule has 1 atom stereocenters. The van der Waals surface area contributed by atoms with Gasteiger partial charge in [-0.05, 0) is 25.2 Å². The van der Waals surface area contributed by atoms with Gasteiger partial charge in [0.1, 0.15) is 9.88 Å². The molecule has 2 aliphatic rings. The van der Waals surface area contributed by atoms with Gasteiger partial charge < -0.3 is 21.7 Å². The minimum Gasteiger partial charge on any atom is -0.397 e. The Hall–Kier alpha value is -1.76. The largest absolute Gasteiger partial charge is 0.397 e. The van der Waals surface area contributed by atoms with Gasteiger partial charge >= 0.3 is 0 Å². The van der Waals surface area contributed by atoms with Crippen LogP contribution in [0.2, 0.25) is 0 Å². The lowest BCUT2D eigenvalue weighted by Gasteiger charge is -2.17. The summed E-state index contributed by atoms with van der Waals surface area (Å²) < 4.78 is 0. The molecule has 0 radical (unpaired) electrons. The highest BCUT2D eigenvalue weighted by atomic mass is 32.1. The summed E-state index contributed by atoms with van der Waals surface area (Å²) in [5.74, 6) is -0.192. The van der Waals surface area contributed by atoms with Gasteiger partial charge in [0.15, 0.2) is 0 Å². The Kier molecular flexibility index (Phi) is 3.52. The van der Waals surface area contributed by atoms with E-state index in [1.165, 1.54) is 11.3 Å². The Morgan fingerprint density at radius 1 is 1.33 bits per heavy atom. The third-order valence-corrected chi connectivity index (χ3v) is 5.27. The number of carbonyl (C=O) groups is 2. The van der Waals surface area contributed by atoms with Crippen LogP contribution in [-0.4, -0.2) is 30.9 Å². The summed E-state index contributed by atoms with van der Waals surface area (Å²) in [6.07, 6.45) is 3.09. The zero-order chi connectivity index (χ0) is 15.1. The molecule has 1 aliphatic carbocycles. The topological polar surface area (TPSA) is 101 Å². The fourth-order valence-electron chi connectivity index (χ4n) is 2.66. The summed E-state index contributed by atoms with van der Waals surface area (Å²) in [6, 6.07) is 0.256. The molecule has 2 amide bonds. The number of primary amides is 1. The van der Waals surface area contributed by atoms with Gasteiger partial charge in [-0.1, -0.05) is 6.92 Å². The number of anilines is 2. The van der Waals surface area contributed by atoms with Crippen molar-refractivity contribution in [3.63, 3.8) is 0 Å². The average molecular weight is 308 g/mol. The van der Waals surface area contributed by atoms with Crippen molar-refractivity contribution in [2.45, 2.75) is 32.2 Å². The molecule has 1 aromatic rings. The summed E-state index contributed by atoms with van der Waals surface area (Å²) in [5.41, 5.74) is 12.0. The van der Waals surface area contributed by atoms with Crippen LogP contribution in [0.3, 0.4) is 0 Å². The van der Waals surface area contributed by atoms with E-state index in [1.807, 2.05) is 0 Å². The summed E-state index contributed by atoms with van der Waals surface area (Å²) in [4.78, 5) is 26.5. The van der Waals surface area contributed by atoms with E-state index in [4.69, 9.17) is 11.5 Å². The van der Waals surface area contributed by atoms with Crippen molar-refractivity contribution in [1.82, 2.24) is 5.32 Å². The first-order valence-corrected chi connectivity index (χ1v) is 8.07. The molecule has 3 rings (SSSR count). The molecule has 2 fully saturated rings. The van der Waals surface area contributed by atoms with Crippen LogP contribution >= 0.6 is 11.3 Å². The first kappa shape index (κ1) is 14.2. The lowest BCUT2D eigenvalue weighted by atomic mass is 10.2. The van der Waals surface area contributed by atoms with Crippen LogP contribution in [0.25, 0.3) is 0 Å². The second-order valence-corrected chi connectivity index (χ2v) is 6.98. The SMILES string of the molecule is CC1CCN(c2sc(C(=O)NC3CC3)c(N)c2C(N)=O)C1. The smallest absolute Gasteiger partial charge is 0.263 e. The van der Waals surface area contributed by atoms with Crippen LogP contribution in [0.1, 0.15) is 46.2 Å². The molecule has 1 aromatic heterocycles. The normalized spacial score (nSPS) is 21.6. The fourth-order valence-corrected chi connectivity index (χ4v) is 3.82. The number of nitrogens with one attached hydrogen (secondary N) is 1. The van der Waals surface area contributed by atoms with Crippen molar-refractivity contribution in [1.29, 1.82) is 0 Å². The van der Waals surface area contributed by atoms with Gasteiger partial charge in [0.2, 0.25) is 0 Å². The van der Waals surface area contributed by atoms with Crippen LogP contribution in [0.4, 0.5) is 10.7 Å². The van der Waals surface area contributed by atoms with E-state index >= 15 is 0 Å². The zero-order valence-electron chi connectivity index (χ0n) is 12.0. The molecular weight excluding hydrogens is 288 g/mol. The third kappa shape index (κ3) is 2.70. The highest BCUT2D eigenvalue weighted by Gasteiger charge is 2.32. The van der Waals surface area contributed by atoms with Gasteiger partial charge in [0.05, 0.1) is 11.3 Å². The summed E-state index contributed by atoms with van der Waals surface area (Å²) in [7, 11) is 0. The number of nitrogens with zero attached hydrogens (tertiary/aromatic N) is 1. The number of amides is 2. The molecule has 1 unspecified atom stereocenters. The number of carbonyl (C=O) groups excluding carboxylic acids is 2. The Morgan fingerprint density at radius 2 is 2.05 bits per heavy atom. The number of hydrogen-bond acceptors (Lipinski definition) is 5. The maximum absolute atomic E-state index is 12.2. The molecule has 21 heavy (non-hydrogen) atoms. The van der Waals surface area contributed by atoms with E-state index in [0.717, 1.165) is 37.4 Å². The molecule has 1 saturated carbocycles. The second kappa shape index (κ2) is 5.22. The third-order valence-electron chi connectivity index (χ3n) is 4.00. The predicted octanol–water partition coefficient (Wildman–Crippen LogP) is 1.17. The van der Waals surface area contributed by atoms with Crippen molar-refractivity contribution in [2.75, 3.05) is 23.7 Å². The Balaban J connectivity index is 1.94. The fraction of sp³-hybridized carbons (Fsp3) is 0.571. The molecule has 5 N–H and O–H groups in total. The monoisotopic (exact) mass is 308 g/mol. The minimum atomic E-state index is -0.566. The van der Waals surface area contributed by atoms with Crippen molar-refractivity contribution < 1.29 is 9.59 Å². The molecular formula is C14H20N4O2S. The summed E-state index contributed by atoms with van der Waals surface area (Å²) >= 11 is 1.28. The number of rotatable bonds is 4. The number of nitrogen functional groups attached to an aromatic ring is 1. The molecule has 7 heteroatoms. The van der Waals surface area contributed by atoms with Crippen molar-refractivity contribution in [3.8, 4) is 0 Å². The molecule has 2 heterocycles. The molecule has 0 aromatic carbocycles. The van der Waals surface area contributed by atoms with Gasteiger partial charge in [-0.15, -0.1) is 11.3 Å². The lowest BCUT2D eigenvalue weighted by molar-refractivity contribution is 0.0955. The van der Waals surface area contributed by atoms with Gasteiger partial charge in [0.25, 0.3) is 11.8 Å². The summed E-state index contributed by atoms with van der Waals surface area (Å²) in [5, 5.41) is 3.65. The van der Waals surface area contributed by atoms with Crippen molar-refractivity contribution in [3.05, 3.63) is 10.4 Å². The Bertz CT molecular complexity index is 594. The van der Waals surface area contributed by atoms with E-state index in [2.05, 4.69) is 17.1 Å². The molecule has 1 saturated heterocycles. The molecule has 1 aliphatic heterocycles. The Labute approximate surface area is 127 Å². The highest BCUT2D eigenvalue weighted by Crippen LogP contribution is 2.40. The molecule has 0 spiro atoms. The van der Waals surface area contributed by atoms with Crippen molar-refractivity contribution >= 4 is 33.8 Å². The number of thiophene rings is 1. The highest BCUT2D eigenvalue weighted by molar-refractivity contribution is 7.19. The first-order valence-electron chi connectivity index (χ1n) is 7.25. The van der Waals surface area contributed by atoms with Gasteiger partial charge in [-0.2, -0.15) is 0 Å². The first-order chi connectivity index (χ1) is 9.97. The second-order valence-electron chi connectivity index (χ2n) is 5.98. The molecule has 6 nitrogen and oxygen atoms in total.